The number of hydroxylamine groups is 4. The Balaban J connectivity index is 0. The number of nitrogens with two attached hydrogens (primary N) is 3. The summed E-state index contributed by atoms with van der Waals surface area (Å²) in [5, 5.41) is 41.2. The fourth-order valence-corrected chi connectivity index (χ4v) is 12.0. The second-order valence-electron chi connectivity index (χ2n) is 26.4. The number of fused-ring (bicyclic) bond motifs is 2. The molecule has 36 nitrogen and oxygen atoms in total. The molecule has 6 aliphatic rings. The van der Waals surface area contributed by atoms with Gasteiger partial charge in [0, 0.05) is 21.6 Å². The maximum absolute atomic E-state index is 13.8. The van der Waals surface area contributed by atoms with E-state index in [1.807, 2.05) is 53.9 Å². The van der Waals surface area contributed by atoms with Crippen LogP contribution in [-0.4, -0.2) is 214 Å². The summed E-state index contributed by atoms with van der Waals surface area (Å²) in [6, 6.07) is 23.2. The molecule has 4 atom stereocenters. The number of hydrogen-bond acceptors (Lipinski definition) is 30. The van der Waals surface area contributed by atoms with Gasteiger partial charge in [0.05, 0.1) is 85.3 Å². The number of carbonyl (C=O) groups excluding carboxylic acids is 4. The number of nitrogen functional groups attached to an aromatic ring is 1. The Morgan fingerprint density at radius 3 is 1.22 bits per heavy atom. The number of hydrogen-bond donors (Lipinski definition) is 8. The minimum Gasteiger partial charge on any atom is -0.693 e. The number of alkyl halides is 9. The van der Waals surface area contributed by atoms with Crippen molar-refractivity contribution in [2.45, 2.75) is 126 Å². The van der Waals surface area contributed by atoms with Crippen molar-refractivity contribution in [3.63, 3.8) is 0 Å². The Bertz CT molecular complexity index is 5040. The maximum atomic E-state index is 13.8. The van der Waals surface area contributed by atoms with E-state index in [-0.39, 0.29) is 120 Å². The van der Waals surface area contributed by atoms with E-state index in [0.29, 0.717) is 53.3 Å². The van der Waals surface area contributed by atoms with E-state index >= 15 is 0 Å². The SMILES string of the molecule is CC1(C)OC[C@H](CO)O1.CC1(C)OC[C@H](CON)O1.CC1(C)OC[C@H](CON2C(=O)c3ccccc3C2=O)O1.CC1(C)OC[C@H](COS(=O)(=O)C(F)(F)F)O1.N.N=P.Nc1ccc(F)cc1F.O.O=C(O)c1ccc(F)c(F)c1Cc1ccc(I)cc1F.O=C(O)c1ccc(F)c(F)c1F.O=C1c2ccccc2C(=O)N1O.O=S(=O)(OS(=O)(=O)C(F)(F)F)C(F)(F)F.[Li+].[NH2-]. The second-order valence-corrected chi connectivity index (χ2v) is 32.5. The fraction of sp³-hybridized carbons (Fsp3) is 0.400. The van der Waals surface area contributed by atoms with Gasteiger partial charge in [-0.1, -0.05) is 30.3 Å². The summed E-state index contributed by atoms with van der Waals surface area (Å²) < 4.78 is 315. The molecule has 6 heterocycles. The number of rotatable bonds is 15. The number of imide groups is 2. The molecule has 129 heavy (non-hydrogen) atoms. The third-order valence-corrected chi connectivity index (χ3v) is 19.4. The standard InChI is InChI=1S/C14H8F3IO2.C14H15NO5.C8H5NO3.C7H11F3O5S.C7H3F3O2.C6H5F2N.C6H13NO3.C6H12O3.C2F6O5S2.Li.H2NP.H3N.H2N.H2O/c15-11-4-3-9(14(19)20)10(13(11)17)5-7-1-2-8(18)6-12(7)16;1-14(2)18-7-9(20-14)8-19-15-12(16)10-5-3-4-6-11(10)13(15)17;10-7-5-3-1-2-4-6(5)8(11)9(7)12;1-6(2)13-3-5(15-6)4-14-16(11,12)7(8,9)10;8-4-2-1-3(7(11)12)5(9)6(4)10;7-4-1-2-6(9)5(8)3-4;1-6(2)8-3-5(10-6)4-9-7;1-6(2)8-4-5(3-7)9-6;3-1(4,5)14(9,10)13-15(11,12)2(6,7)8;;1-2;;;/h1-4,6H,5H2,(H,19,20);3-6,9H,7-8H2,1-2H3;1-4,12H;5H,3-4H2,1-2H3;1-2H,(H,11,12);1-3H,9H2;5H,3-4,7H2,1-2H3;5,7H,3-4H2,1-2H3;;;1-2H;1H3;2*1H2/q;;;;;;;;;+1;;;-1;/t;9-;;5-;;;2*5-;;;;;;/m.1.1..10....../s1. The van der Waals surface area contributed by atoms with Gasteiger partial charge >= 0.3 is 77.7 Å². The predicted molar refractivity (Wildman–Crippen MR) is 415 cm³/mol. The molecule has 12 rings (SSSR count). The van der Waals surface area contributed by atoms with Crippen molar-refractivity contribution in [2.75, 3.05) is 58.6 Å². The van der Waals surface area contributed by atoms with Gasteiger partial charge in [-0.25, -0.2) is 50.6 Å². The van der Waals surface area contributed by atoms with Crippen LogP contribution in [0.2, 0.25) is 0 Å². The van der Waals surface area contributed by atoms with E-state index in [4.69, 9.17) is 80.1 Å². The molecule has 0 unspecified atom stereocenters. The van der Waals surface area contributed by atoms with Crippen molar-refractivity contribution >= 4 is 103 Å². The largest absolute Gasteiger partial charge is 1.00 e. The van der Waals surface area contributed by atoms with E-state index in [1.165, 1.54) is 30.3 Å². The molecule has 0 bridgehead atoms. The number of amides is 4. The number of carbonyl (C=O) groups is 6. The molecule has 0 aromatic heterocycles. The first kappa shape index (κ1) is 123. The number of ether oxygens (including phenoxy) is 8. The van der Waals surface area contributed by atoms with Crippen molar-refractivity contribution < 1.29 is 229 Å². The molecule has 0 saturated carbocycles. The summed E-state index contributed by atoms with van der Waals surface area (Å²) in [7, 11) is -17.0. The first-order chi connectivity index (χ1) is 57.3. The van der Waals surface area contributed by atoms with Crippen LogP contribution in [0.25, 0.3) is 6.15 Å². The summed E-state index contributed by atoms with van der Waals surface area (Å²) in [6.45, 7) is 15.4. The Kier molecular flexibility index (Phi) is 49.2. The Morgan fingerprint density at radius 2 is 0.884 bits per heavy atom. The van der Waals surface area contributed by atoms with Crippen LogP contribution in [0.3, 0.4) is 0 Å². The van der Waals surface area contributed by atoms with Gasteiger partial charge in [0.2, 0.25) is 0 Å². The van der Waals surface area contributed by atoms with E-state index in [1.54, 1.807) is 70.2 Å². The smallest absolute Gasteiger partial charge is 0.693 e. The number of benzene rings is 6. The molecule has 0 aliphatic carbocycles. The molecule has 6 aliphatic heterocycles. The molecule has 0 radical (unpaired) electrons. The van der Waals surface area contributed by atoms with Crippen LogP contribution >= 0.6 is 31.6 Å². The number of aliphatic hydroxyl groups excluding tert-OH is 1. The number of carboxylic acid groups (broad SMARTS) is 2. The van der Waals surface area contributed by atoms with Gasteiger partial charge < -0.3 is 81.6 Å². The molecule has 4 saturated heterocycles. The predicted octanol–water partition coefficient (Wildman–Crippen LogP) is 9.20. The van der Waals surface area contributed by atoms with E-state index < -0.39 is 170 Å². The van der Waals surface area contributed by atoms with Crippen molar-refractivity contribution in [1.82, 2.24) is 16.3 Å². The third kappa shape index (κ3) is 37.4. The van der Waals surface area contributed by atoms with Crippen LogP contribution in [0.4, 0.5) is 80.3 Å². The molecular weight excluding hydrogens is 1990 g/mol. The molecule has 16 N–H and O–H groups in total. The van der Waals surface area contributed by atoms with Crippen LogP contribution < -0.4 is 36.6 Å². The minimum atomic E-state index is -6.85. The number of halogens is 18. The molecule has 59 heteroatoms. The third-order valence-electron chi connectivity index (χ3n) is 15.1. The van der Waals surface area contributed by atoms with Crippen LogP contribution in [0.15, 0.2) is 109 Å². The number of anilines is 1. The molecule has 6 aromatic rings. The number of aromatic carboxylic acids is 2. The molecule has 4 fully saturated rings. The van der Waals surface area contributed by atoms with Gasteiger partial charge in [-0.05, 0) is 165 Å². The average molecular weight is 2070 g/mol. The summed E-state index contributed by atoms with van der Waals surface area (Å²) in [5.41, 5.74) is -13.2. The number of carboxylic acids is 2. The van der Waals surface area contributed by atoms with Crippen molar-refractivity contribution in [1.29, 1.82) is 5.16 Å². The quantitative estimate of drug-likeness (QED) is 0.00405. The van der Waals surface area contributed by atoms with Crippen LogP contribution in [0.5, 0.6) is 0 Å². The van der Waals surface area contributed by atoms with Crippen molar-refractivity contribution in [3.8, 4) is 0 Å². The first-order valence-corrected chi connectivity index (χ1v) is 39.9. The molecule has 4 amide bonds. The second kappa shape index (κ2) is 51.7. The van der Waals surface area contributed by atoms with Gasteiger partial charge in [0.25, 0.3) is 23.6 Å². The zero-order valence-corrected chi connectivity index (χ0v) is 73.6. The summed E-state index contributed by atoms with van der Waals surface area (Å²) in [4.78, 5) is 77.1. The Morgan fingerprint density at radius 1 is 0.519 bits per heavy atom. The average Bonchev–Trinajstić information content (AvgIpc) is 0.841. The normalized spacial score (nSPS) is 18.1. The van der Waals surface area contributed by atoms with Gasteiger partial charge in [0.1, 0.15) is 48.5 Å². The minimum absolute atomic E-state index is 0. The molecular formula is C70H81F17ILiN7O29PS3. The number of nitrogens with zero attached hydrogens (tertiary/aromatic N) is 2. The number of nitrogens with one attached hydrogen (secondary N) is 1. The topological polar surface area (TPSA) is 579 Å². The van der Waals surface area contributed by atoms with Gasteiger partial charge in [-0.2, -0.15) is 64.8 Å². The molecule has 0 spiro atoms. The van der Waals surface area contributed by atoms with Crippen LogP contribution in [0, 0.1) is 55.3 Å². The van der Waals surface area contributed by atoms with Crippen molar-refractivity contribution in [3.05, 3.63) is 210 Å². The monoisotopic (exact) mass is 2070 g/mol. The summed E-state index contributed by atoms with van der Waals surface area (Å²) in [5.74, 6) is -12.1. The van der Waals surface area contributed by atoms with Gasteiger partial charge in [0.15, 0.2) is 52.2 Å². The summed E-state index contributed by atoms with van der Waals surface area (Å²) in [6.07, 6.45) is -1.59. The molecule has 720 valence electrons. The van der Waals surface area contributed by atoms with Crippen LogP contribution in [-0.2, 0) is 92.2 Å². The maximum Gasteiger partial charge on any atom is 1.00 e. The fourth-order valence-electron chi connectivity index (χ4n) is 9.56. The van der Waals surface area contributed by atoms with E-state index in [2.05, 4.69) is 18.1 Å². The summed E-state index contributed by atoms with van der Waals surface area (Å²) >= 11 is 1.91. The zero-order chi connectivity index (χ0) is 95.9. The Hall–Kier alpha value is -8.29. The zero-order valence-electron chi connectivity index (χ0n) is 68.0. The van der Waals surface area contributed by atoms with E-state index in [0.717, 1.165) is 29.3 Å². The number of aliphatic hydroxyl groups is 1. The van der Waals surface area contributed by atoms with Gasteiger partial charge in [-0.15, -0.1) is 13.8 Å². The van der Waals surface area contributed by atoms with Gasteiger partial charge in [-0.3, -0.25) is 38.6 Å². The first-order valence-electron chi connectivity index (χ1n) is 34.1. The molecule has 6 aromatic carbocycles. The van der Waals surface area contributed by atoms with Crippen molar-refractivity contribution in [2.24, 2.45) is 5.90 Å². The Labute approximate surface area is 749 Å². The van der Waals surface area contributed by atoms with Crippen LogP contribution in [0.1, 0.15) is 129 Å². The van der Waals surface area contributed by atoms with E-state index in [9.17, 15) is 129 Å².